The second-order valence-corrected chi connectivity index (χ2v) is 4.43. The van der Waals surface area contributed by atoms with E-state index in [1.807, 2.05) is 0 Å². The predicted octanol–water partition coefficient (Wildman–Crippen LogP) is 3.46. The van der Waals surface area contributed by atoms with Crippen LogP contribution in [-0.4, -0.2) is 22.1 Å². The summed E-state index contributed by atoms with van der Waals surface area (Å²) in [5, 5.41) is 28.8. The van der Waals surface area contributed by atoms with Gasteiger partial charge < -0.3 is 15.5 Å². The molecule has 0 radical (unpaired) electrons. The number of nitrogens with one attached hydrogen (secondary N) is 1. The fourth-order valence-electron chi connectivity index (χ4n) is 1.69. The van der Waals surface area contributed by atoms with Crippen LogP contribution in [0.15, 0.2) is 52.7 Å². The highest BCUT2D eigenvalue weighted by Crippen LogP contribution is 2.25. The average molecular weight is 299 g/mol. The maximum atomic E-state index is 10.9. The number of aromatic carboxylic acids is 1. The molecule has 0 aliphatic heterocycles. The van der Waals surface area contributed by atoms with Gasteiger partial charge in [-0.15, -0.1) is 0 Å². The molecular formula is C15H13N3O4. The maximum Gasteiger partial charge on any atom is 0.339 e. The van der Waals surface area contributed by atoms with Gasteiger partial charge in [-0.1, -0.05) is 0 Å². The molecule has 0 saturated heterocycles. The number of azo groups is 1. The normalized spacial score (nSPS) is 10.6. The highest BCUT2D eigenvalue weighted by molar-refractivity contribution is 5.91. The molecule has 2 rings (SSSR count). The number of amides is 1. The number of nitrogens with zero attached hydrogens (tertiary/aromatic N) is 2. The molecule has 0 aliphatic carbocycles. The molecule has 0 aromatic heterocycles. The van der Waals surface area contributed by atoms with Crippen LogP contribution in [-0.2, 0) is 4.79 Å². The standard InChI is InChI=1S/C15H13N3O4/c1-9(19)16-10-2-4-11(5-3-10)17-18-12-6-7-14(20)13(8-12)15(21)22/h2-8,20H,1H3,(H,16,19)(H,21,22). The summed E-state index contributed by atoms with van der Waals surface area (Å²) in [6.07, 6.45) is 0. The molecule has 3 N–H and O–H groups in total. The zero-order chi connectivity index (χ0) is 16.1. The number of benzene rings is 2. The first kappa shape index (κ1) is 15.2. The van der Waals surface area contributed by atoms with E-state index in [2.05, 4.69) is 15.5 Å². The highest BCUT2D eigenvalue weighted by Gasteiger charge is 2.09. The third kappa shape index (κ3) is 3.89. The first-order chi connectivity index (χ1) is 10.5. The largest absolute Gasteiger partial charge is 0.507 e. The van der Waals surface area contributed by atoms with Crippen LogP contribution in [0, 0.1) is 0 Å². The summed E-state index contributed by atoms with van der Waals surface area (Å²) in [5.41, 5.74) is 1.25. The van der Waals surface area contributed by atoms with Crippen LogP contribution in [0.2, 0.25) is 0 Å². The Morgan fingerprint density at radius 3 is 2.18 bits per heavy atom. The number of hydrogen-bond acceptors (Lipinski definition) is 5. The zero-order valence-corrected chi connectivity index (χ0v) is 11.6. The van der Waals surface area contributed by atoms with Gasteiger partial charge in [-0.3, -0.25) is 4.79 Å². The Kier molecular flexibility index (Phi) is 4.47. The summed E-state index contributed by atoms with van der Waals surface area (Å²) in [5.74, 6) is -1.74. The monoisotopic (exact) mass is 299 g/mol. The van der Waals surface area contributed by atoms with Crippen molar-refractivity contribution in [3.05, 3.63) is 48.0 Å². The lowest BCUT2D eigenvalue weighted by atomic mass is 10.2. The fraction of sp³-hybridized carbons (Fsp3) is 0.0667. The van der Waals surface area contributed by atoms with Crippen molar-refractivity contribution < 1.29 is 19.8 Å². The van der Waals surface area contributed by atoms with Gasteiger partial charge in [0.15, 0.2) is 0 Å². The number of carboxylic acids is 1. The minimum atomic E-state index is -1.24. The lowest BCUT2D eigenvalue weighted by Gasteiger charge is -2.01. The van der Waals surface area contributed by atoms with E-state index in [1.54, 1.807) is 24.3 Å². The summed E-state index contributed by atoms with van der Waals surface area (Å²) in [4.78, 5) is 21.8. The van der Waals surface area contributed by atoms with Crippen molar-refractivity contribution in [1.82, 2.24) is 0 Å². The lowest BCUT2D eigenvalue weighted by Crippen LogP contribution is -2.04. The minimum absolute atomic E-state index is 0.167. The predicted molar refractivity (Wildman–Crippen MR) is 80.0 cm³/mol. The fourth-order valence-corrected chi connectivity index (χ4v) is 1.69. The van der Waals surface area contributed by atoms with Gasteiger partial charge in [0.05, 0.1) is 11.4 Å². The first-order valence-corrected chi connectivity index (χ1v) is 6.31. The van der Waals surface area contributed by atoms with E-state index in [0.29, 0.717) is 17.1 Å². The quantitative estimate of drug-likeness (QED) is 0.750. The van der Waals surface area contributed by atoms with Crippen molar-refractivity contribution in [2.75, 3.05) is 5.32 Å². The van der Waals surface area contributed by atoms with Gasteiger partial charge in [0.2, 0.25) is 5.91 Å². The second kappa shape index (κ2) is 6.49. The van der Waals surface area contributed by atoms with Crippen LogP contribution in [0.4, 0.5) is 17.1 Å². The Hall–Kier alpha value is -3.22. The number of phenols is 1. The van der Waals surface area contributed by atoms with Crippen molar-refractivity contribution in [3.8, 4) is 5.75 Å². The first-order valence-electron chi connectivity index (χ1n) is 6.31. The summed E-state index contributed by atoms with van der Waals surface area (Å²) in [7, 11) is 0. The SMILES string of the molecule is CC(=O)Nc1ccc(N=Nc2ccc(O)c(C(=O)O)c2)cc1. The lowest BCUT2D eigenvalue weighted by molar-refractivity contribution is -0.114. The number of hydrogen-bond donors (Lipinski definition) is 3. The van der Waals surface area contributed by atoms with Crippen molar-refractivity contribution in [2.45, 2.75) is 6.92 Å². The van der Waals surface area contributed by atoms with E-state index in [4.69, 9.17) is 5.11 Å². The Bertz CT molecular complexity index is 739. The Balaban J connectivity index is 2.16. The van der Waals surface area contributed by atoms with Gasteiger partial charge in [0.1, 0.15) is 11.3 Å². The molecule has 2 aromatic rings. The molecule has 0 bridgehead atoms. The molecule has 22 heavy (non-hydrogen) atoms. The van der Waals surface area contributed by atoms with Gasteiger partial charge in [-0.25, -0.2) is 4.79 Å². The smallest absolute Gasteiger partial charge is 0.339 e. The number of carbonyl (C=O) groups is 2. The number of carboxylic acid groups (broad SMARTS) is 1. The van der Waals surface area contributed by atoms with Gasteiger partial charge >= 0.3 is 5.97 Å². The minimum Gasteiger partial charge on any atom is -0.507 e. The highest BCUT2D eigenvalue weighted by atomic mass is 16.4. The Morgan fingerprint density at radius 1 is 1.00 bits per heavy atom. The topological polar surface area (TPSA) is 111 Å². The molecule has 1 amide bonds. The number of rotatable bonds is 4. The van der Waals surface area contributed by atoms with Crippen molar-refractivity contribution in [2.24, 2.45) is 10.2 Å². The van der Waals surface area contributed by atoms with E-state index < -0.39 is 5.97 Å². The summed E-state index contributed by atoms with van der Waals surface area (Å²) in [6.45, 7) is 1.42. The molecule has 0 heterocycles. The third-order valence-corrected chi connectivity index (χ3v) is 2.68. The van der Waals surface area contributed by atoms with Crippen LogP contribution < -0.4 is 5.32 Å². The van der Waals surface area contributed by atoms with Gasteiger partial charge in [0.25, 0.3) is 0 Å². The van der Waals surface area contributed by atoms with E-state index in [1.165, 1.54) is 25.1 Å². The van der Waals surface area contributed by atoms with E-state index in [-0.39, 0.29) is 17.2 Å². The van der Waals surface area contributed by atoms with Crippen LogP contribution >= 0.6 is 0 Å². The molecule has 2 aromatic carbocycles. The second-order valence-electron chi connectivity index (χ2n) is 4.43. The zero-order valence-electron chi connectivity index (χ0n) is 11.6. The summed E-state index contributed by atoms with van der Waals surface area (Å²) in [6, 6.07) is 10.6. The molecule has 0 unspecified atom stereocenters. The van der Waals surface area contributed by atoms with Crippen molar-refractivity contribution >= 4 is 28.9 Å². The summed E-state index contributed by atoms with van der Waals surface area (Å²) >= 11 is 0. The van der Waals surface area contributed by atoms with Crippen molar-refractivity contribution in [3.63, 3.8) is 0 Å². The van der Waals surface area contributed by atoms with Crippen molar-refractivity contribution in [1.29, 1.82) is 0 Å². The number of anilines is 1. The maximum absolute atomic E-state index is 10.9. The molecular weight excluding hydrogens is 286 g/mol. The van der Waals surface area contributed by atoms with Gasteiger partial charge in [-0.2, -0.15) is 10.2 Å². The van der Waals surface area contributed by atoms with Crippen LogP contribution in [0.3, 0.4) is 0 Å². The van der Waals surface area contributed by atoms with E-state index >= 15 is 0 Å². The van der Waals surface area contributed by atoms with E-state index in [0.717, 1.165) is 0 Å². The molecule has 112 valence electrons. The molecule has 0 spiro atoms. The van der Waals surface area contributed by atoms with Gasteiger partial charge in [0, 0.05) is 12.6 Å². The van der Waals surface area contributed by atoms with Gasteiger partial charge in [-0.05, 0) is 42.5 Å². The van der Waals surface area contributed by atoms with Crippen LogP contribution in [0.5, 0.6) is 5.75 Å². The summed E-state index contributed by atoms with van der Waals surface area (Å²) < 4.78 is 0. The van der Waals surface area contributed by atoms with Crippen LogP contribution in [0.1, 0.15) is 17.3 Å². The van der Waals surface area contributed by atoms with Crippen LogP contribution in [0.25, 0.3) is 0 Å². The molecule has 0 aliphatic rings. The Morgan fingerprint density at radius 2 is 1.59 bits per heavy atom. The van der Waals surface area contributed by atoms with E-state index in [9.17, 15) is 14.7 Å². The Labute approximate surface area is 125 Å². The molecule has 0 saturated carbocycles. The number of aromatic hydroxyl groups is 1. The molecule has 7 heteroatoms. The molecule has 7 nitrogen and oxygen atoms in total. The average Bonchev–Trinajstić information content (AvgIpc) is 2.47. The molecule has 0 atom stereocenters. The molecule has 0 fully saturated rings. The number of carbonyl (C=O) groups excluding carboxylic acids is 1. The third-order valence-electron chi connectivity index (χ3n) is 2.68.